The molecule has 2 heterocycles. The number of para-hydroxylation sites is 1. The Morgan fingerprint density at radius 3 is 2.84 bits per heavy atom. The molecule has 0 saturated heterocycles. The lowest BCUT2D eigenvalue weighted by Gasteiger charge is -2.08. The van der Waals surface area contributed by atoms with E-state index in [-0.39, 0.29) is 5.78 Å². The Hall–Kier alpha value is -3.21. The van der Waals surface area contributed by atoms with Crippen LogP contribution in [0.5, 0.6) is 5.75 Å². The van der Waals surface area contributed by atoms with E-state index in [9.17, 15) is 4.79 Å². The first-order valence-corrected chi connectivity index (χ1v) is 8.12. The molecule has 5 nitrogen and oxygen atoms in total. The number of carbonyl (C=O) groups excluding carboxylic acids is 1. The normalized spacial score (nSPS) is 10.9. The number of nitrogens with zero attached hydrogens (tertiary/aromatic N) is 3. The van der Waals surface area contributed by atoms with Gasteiger partial charge in [-0.05, 0) is 31.2 Å². The molecule has 3 rings (SSSR count). The number of allylic oxidation sites excluding steroid dienone is 1. The molecule has 5 heteroatoms. The topological polar surface area (TPSA) is 57.0 Å². The highest BCUT2D eigenvalue weighted by Crippen LogP contribution is 2.21. The average Bonchev–Trinajstić information content (AvgIpc) is 3.15. The van der Waals surface area contributed by atoms with Crippen LogP contribution in [0.2, 0.25) is 0 Å². The summed E-state index contributed by atoms with van der Waals surface area (Å²) in [6.07, 6.45) is 10.1. The van der Waals surface area contributed by atoms with Gasteiger partial charge in [-0.3, -0.25) is 14.5 Å². The zero-order chi connectivity index (χ0) is 17.5. The van der Waals surface area contributed by atoms with Gasteiger partial charge in [-0.1, -0.05) is 24.3 Å². The van der Waals surface area contributed by atoms with Gasteiger partial charge in [0.2, 0.25) is 0 Å². The molecule has 126 valence electrons. The van der Waals surface area contributed by atoms with Gasteiger partial charge >= 0.3 is 0 Å². The quantitative estimate of drug-likeness (QED) is 0.488. The Morgan fingerprint density at radius 1 is 1.20 bits per heavy atom. The Morgan fingerprint density at radius 2 is 2.08 bits per heavy atom. The van der Waals surface area contributed by atoms with Crippen molar-refractivity contribution in [3.05, 3.63) is 84.0 Å². The van der Waals surface area contributed by atoms with Crippen molar-refractivity contribution in [1.29, 1.82) is 0 Å². The van der Waals surface area contributed by atoms with Crippen LogP contribution in [0.4, 0.5) is 0 Å². The minimum atomic E-state index is -0.0817. The molecule has 0 aliphatic carbocycles. The monoisotopic (exact) mass is 333 g/mol. The summed E-state index contributed by atoms with van der Waals surface area (Å²) >= 11 is 0. The number of hydrogen-bond acceptors (Lipinski definition) is 4. The third-order valence-electron chi connectivity index (χ3n) is 3.69. The maximum absolute atomic E-state index is 12.2. The van der Waals surface area contributed by atoms with E-state index in [1.165, 1.54) is 0 Å². The van der Waals surface area contributed by atoms with E-state index in [1.807, 2.05) is 43.3 Å². The van der Waals surface area contributed by atoms with E-state index in [0.717, 1.165) is 23.4 Å². The summed E-state index contributed by atoms with van der Waals surface area (Å²) in [6, 6.07) is 11.5. The maximum Gasteiger partial charge on any atom is 0.189 e. The van der Waals surface area contributed by atoms with Gasteiger partial charge in [0.1, 0.15) is 12.4 Å². The minimum Gasteiger partial charge on any atom is -0.488 e. The van der Waals surface area contributed by atoms with Crippen LogP contribution in [-0.2, 0) is 13.2 Å². The standard InChI is InChI=1S/C20H19N3O2/c1-2-23-14-18(13-22-23)19(24)10-9-17-7-3-4-8-20(17)25-15-16-6-5-11-21-12-16/h3-14H,2,15H2,1H3/b10-9-. The molecular weight excluding hydrogens is 314 g/mol. The number of aromatic nitrogens is 3. The molecule has 0 unspecified atom stereocenters. The molecule has 0 radical (unpaired) electrons. The highest BCUT2D eigenvalue weighted by atomic mass is 16.5. The second-order valence-corrected chi connectivity index (χ2v) is 5.47. The van der Waals surface area contributed by atoms with Crippen molar-refractivity contribution < 1.29 is 9.53 Å². The SMILES string of the molecule is CCn1cc(C(=O)/C=C\c2ccccc2OCc2cccnc2)cn1. The number of ether oxygens (including phenoxy) is 1. The first-order valence-electron chi connectivity index (χ1n) is 8.12. The van der Waals surface area contributed by atoms with Crippen LogP contribution in [-0.4, -0.2) is 20.5 Å². The van der Waals surface area contributed by atoms with Crippen LogP contribution in [0.15, 0.2) is 67.3 Å². The Kier molecular flexibility index (Phi) is 5.36. The number of carbonyl (C=O) groups is 1. The van der Waals surface area contributed by atoms with Gasteiger partial charge in [-0.2, -0.15) is 5.10 Å². The van der Waals surface area contributed by atoms with Crippen molar-refractivity contribution in [1.82, 2.24) is 14.8 Å². The highest BCUT2D eigenvalue weighted by molar-refractivity contribution is 6.06. The molecule has 0 saturated carbocycles. The first kappa shape index (κ1) is 16.6. The minimum absolute atomic E-state index is 0.0817. The Balaban J connectivity index is 1.70. The molecular formula is C20H19N3O2. The van der Waals surface area contributed by atoms with Crippen LogP contribution in [0.25, 0.3) is 6.08 Å². The number of hydrogen-bond donors (Lipinski definition) is 0. The fourth-order valence-electron chi connectivity index (χ4n) is 2.32. The molecule has 0 atom stereocenters. The predicted molar refractivity (Wildman–Crippen MR) is 96.3 cm³/mol. The van der Waals surface area contributed by atoms with Gasteiger partial charge in [-0.25, -0.2) is 0 Å². The van der Waals surface area contributed by atoms with Crippen molar-refractivity contribution in [2.75, 3.05) is 0 Å². The zero-order valence-corrected chi connectivity index (χ0v) is 14.0. The van der Waals surface area contributed by atoms with Gasteiger partial charge in [0, 0.05) is 36.3 Å². The van der Waals surface area contributed by atoms with E-state index in [2.05, 4.69) is 10.1 Å². The van der Waals surface area contributed by atoms with Crippen molar-refractivity contribution in [2.24, 2.45) is 0 Å². The smallest absolute Gasteiger partial charge is 0.189 e. The molecule has 0 fully saturated rings. The molecule has 0 amide bonds. The molecule has 0 aliphatic heterocycles. The number of benzene rings is 1. The largest absolute Gasteiger partial charge is 0.488 e. The molecule has 25 heavy (non-hydrogen) atoms. The summed E-state index contributed by atoms with van der Waals surface area (Å²) in [7, 11) is 0. The number of pyridine rings is 1. The summed E-state index contributed by atoms with van der Waals surface area (Å²) in [5, 5.41) is 4.12. The van der Waals surface area contributed by atoms with Gasteiger partial charge in [0.15, 0.2) is 5.78 Å². The summed E-state index contributed by atoms with van der Waals surface area (Å²) in [4.78, 5) is 16.3. The Labute approximate surface area is 146 Å². The lowest BCUT2D eigenvalue weighted by atomic mass is 10.1. The average molecular weight is 333 g/mol. The van der Waals surface area contributed by atoms with Crippen LogP contribution in [0.3, 0.4) is 0 Å². The summed E-state index contributed by atoms with van der Waals surface area (Å²) in [6.45, 7) is 3.14. The van der Waals surface area contributed by atoms with Crippen LogP contribution >= 0.6 is 0 Å². The fourth-order valence-corrected chi connectivity index (χ4v) is 2.32. The highest BCUT2D eigenvalue weighted by Gasteiger charge is 2.06. The number of ketones is 1. The van der Waals surface area contributed by atoms with Gasteiger partial charge < -0.3 is 4.74 Å². The third-order valence-corrected chi connectivity index (χ3v) is 3.69. The third kappa shape index (κ3) is 4.41. The van der Waals surface area contributed by atoms with E-state index < -0.39 is 0 Å². The van der Waals surface area contributed by atoms with Crippen molar-refractivity contribution in [2.45, 2.75) is 20.1 Å². The summed E-state index contributed by atoms with van der Waals surface area (Å²) in [5.41, 5.74) is 2.42. The van der Waals surface area contributed by atoms with Crippen LogP contribution in [0.1, 0.15) is 28.4 Å². The van der Waals surface area contributed by atoms with Crippen molar-refractivity contribution in [3.8, 4) is 5.75 Å². The first-order chi connectivity index (χ1) is 12.3. The molecule has 1 aromatic carbocycles. The summed E-state index contributed by atoms with van der Waals surface area (Å²) in [5.74, 6) is 0.640. The lowest BCUT2D eigenvalue weighted by molar-refractivity contribution is 0.104. The van der Waals surface area contributed by atoms with Gasteiger partial charge in [0.05, 0.1) is 11.8 Å². The van der Waals surface area contributed by atoms with E-state index in [4.69, 9.17) is 4.74 Å². The van der Waals surface area contributed by atoms with Crippen LogP contribution < -0.4 is 4.74 Å². The second kappa shape index (κ2) is 8.06. The molecule has 0 N–H and O–H groups in total. The molecule has 0 spiro atoms. The van der Waals surface area contributed by atoms with E-state index in [1.54, 1.807) is 41.6 Å². The van der Waals surface area contributed by atoms with Crippen molar-refractivity contribution >= 4 is 11.9 Å². The van der Waals surface area contributed by atoms with E-state index in [0.29, 0.717) is 12.2 Å². The van der Waals surface area contributed by atoms with Gasteiger partial charge in [0.25, 0.3) is 0 Å². The predicted octanol–water partition coefficient (Wildman–Crippen LogP) is 3.77. The van der Waals surface area contributed by atoms with Crippen molar-refractivity contribution in [3.63, 3.8) is 0 Å². The van der Waals surface area contributed by atoms with Crippen LogP contribution in [0, 0.1) is 0 Å². The molecule has 0 aliphatic rings. The lowest BCUT2D eigenvalue weighted by Crippen LogP contribution is -1.97. The van der Waals surface area contributed by atoms with E-state index >= 15 is 0 Å². The Bertz CT molecular complexity index is 869. The second-order valence-electron chi connectivity index (χ2n) is 5.47. The summed E-state index contributed by atoms with van der Waals surface area (Å²) < 4.78 is 7.59. The zero-order valence-electron chi connectivity index (χ0n) is 14.0. The molecule has 0 bridgehead atoms. The fraction of sp³-hybridized carbons (Fsp3) is 0.150. The maximum atomic E-state index is 12.2. The number of aryl methyl sites for hydroxylation is 1. The van der Waals surface area contributed by atoms with Gasteiger partial charge in [-0.15, -0.1) is 0 Å². The number of rotatable bonds is 7. The molecule has 2 aromatic heterocycles. The molecule has 3 aromatic rings.